The van der Waals surface area contributed by atoms with Crippen molar-refractivity contribution in [2.24, 2.45) is 5.16 Å². The highest BCUT2D eigenvalue weighted by molar-refractivity contribution is 8.00. The Balaban J connectivity index is 1.51. The lowest BCUT2D eigenvalue weighted by Gasteiger charge is -2.49. The van der Waals surface area contributed by atoms with E-state index in [0.717, 1.165) is 42.6 Å². The normalized spacial score (nSPS) is 18.3. The number of ether oxygens (including phenoxy) is 2. The second-order valence-corrected chi connectivity index (χ2v) is 12.3. The minimum atomic E-state index is -1.02. The maximum absolute atomic E-state index is 13.6. The standard InChI is InChI=1S/C31H36N6O7S2/c1-3-5-6-7-14-43-29(40)20(9-4-2)16-44-30(41)25-21(12-11-19-10-8-13-33-15-19)17-45-28-24(27(39)37(25)28)35-26(38)23(36-42)22-18-46-31(32)34-22/h8-13,15,18,24,28,42H,3-7,14,16-17H2,1-2H3,(H2,32,34)(H,35,38)/b12-11-,20-9+,36-23?/t24-,28+/m1/s1. The average molecular weight is 669 g/mol. The number of rotatable bonds is 15. The average Bonchev–Trinajstić information content (AvgIpc) is 3.49. The van der Waals surface area contributed by atoms with Crippen molar-refractivity contribution in [2.45, 2.75) is 57.4 Å². The molecule has 2 aromatic heterocycles. The van der Waals surface area contributed by atoms with Crippen LogP contribution in [0.15, 0.2) is 64.1 Å². The van der Waals surface area contributed by atoms with Crippen LogP contribution in [0.1, 0.15) is 57.2 Å². The fraction of sp³-hybridized carbons (Fsp3) is 0.387. The van der Waals surface area contributed by atoms with Gasteiger partial charge in [-0.1, -0.05) is 62.6 Å². The van der Waals surface area contributed by atoms with Crippen molar-refractivity contribution in [3.05, 3.63) is 70.2 Å². The Kier molecular flexibility index (Phi) is 12.5. The Bertz CT molecular complexity index is 1550. The van der Waals surface area contributed by atoms with Gasteiger partial charge in [0.05, 0.1) is 12.2 Å². The van der Waals surface area contributed by atoms with Crippen LogP contribution in [0.2, 0.25) is 0 Å². The van der Waals surface area contributed by atoms with Crippen LogP contribution < -0.4 is 11.1 Å². The molecule has 46 heavy (non-hydrogen) atoms. The highest BCUT2D eigenvalue weighted by Gasteiger charge is 2.54. The van der Waals surface area contributed by atoms with Crippen LogP contribution in [0.4, 0.5) is 5.13 Å². The molecule has 0 aliphatic carbocycles. The number of anilines is 1. The number of hydrogen-bond acceptors (Lipinski definition) is 13. The van der Waals surface area contributed by atoms with Crippen LogP contribution in [-0.4, -0.2) is 79.9 Å². The molecule has 2 aromatic rings. The van der Waals surface area contributed by atoms with Gasteiger partial charge in [-0.25, -0.2) is 14.6 Å². The lowest BCUT2D eigenvalue weighted by atomic mass is 10.0. The number of esters is 2. The van der Waals surface area contributed by atoms with E-state index in [1.54, 1.807) is 36.7 Å². The lowest BCUT2D eigenvalue weighted by Crippen LogP contribution is -2.71. The summed E-state index contributed by atoms with van der Waals surface area (Å²) in [6, 6.07) is 2.60. The maximum atomic E-state index is 13.6. The van der Waals surface area contributed by atoms with Crippen molar-refractivity contribution in [3.8, 4) is 0 Å². The number of nitrogens with one attached hydrogen (secondary N) is 1. The van der Waals surface area contributed by atoms with Gasteiger partial charge in [-0.15, -0.1) is 23.1 Å². The van der Waals surface area contributed by atoms with Crippen molar-refractivity contribution >= 4 is 63.8 Å². The van der Waals surface area contributed by atoms with Crippen molar-refractivity contribution in [1.82, 2.24) is 20.2 Å². The van der Waals surface area contributed by atoms with Gasteiger partial charge < -0.3 is 25.7 Å². The van der Waals surface area contributed by atoms with Crippen molar-refractivity contribution in [2.75, 3.05) is 24.7 Å². The first kappa shape index (κ1) is 34.4. The molecule has 1 saturated heterocycles. The summed E-state index contributed by atoms with van der Waals surface area (Å²) < 4.78 is 11.0. The zero-order valence-corrected chi connectivity index (χ0v) is 27.1. The number of nitrogen functional groups attached to an aromatic ring is 1. The van der Waals surface area contributed by atoms with Gasteiger partial charge in [0.25, 0.3) is 11.8 Å². The topological polar surface area (TPSA) is 186 Å². The molecule has 15 heteroatoms. The van der Waals surface area contributed by atoms with Crippen LogP contribution >= 0.6 is 23.1 Å². The van der Waals surface area contributed by atoms with E-state index < -0.39 is 40.9 Å². The molecule has 4 heterocycles. The number of pyridine rings is 1. The summed E-state index contributed by atoms with van der Waals surface area (Å²) in [5.41, 5.74) is 6.81. The Morgan fingerprint density at radius 2 is 2.04 bits per heavy atom. The molecule has 0 unspecified atom stereocenters. The largest absolute Gasteiger partial charge is 0.462 e. The Morgan fingerprint density at radius 1 is 1.22 bits per heavy atom. The third-order valence-electron chi connectivity index (χ3n) is 7.02. The summed E-state index contributed by atoms with van der Waals surface area (Å²) in [5.74, 6) is -2.44. The van der Waals surface area contributed by atoms with Gasteiger partial charge >= 0.3 is 11.9 Å². The third-order valence-corrected chi connectivity index (χ3v) is 9.00. The van der Waals surface area contributed by atoms with Gasteiger partial charge in [0.15, 0.2) is 10.8 Å². The smallest absolute Gasteiger partial charge is 0.355 e. The van der Waals surface area contributed by atoms with Crippen LogP contribution in [0.3, 0.4) is 0 Å². The number of nitrogens with two attached hydrogens (primary N) is 1. The van der Waals surface area contributed by atoms with Crippen LogP contribution in [0.5, 0.6) is 0 Å². The number of oxime groups is 1. The molecule has 2 atom stereocenters. The molecule has 0 radical (unpaired) electrons. The summed E-state index contributed by atoms with van der Waals surface area (Å²) in [5, 5.41) is 16.1. The number of nitrogens with zero attached hydrogens (tertiary/aromatic N) is 4. The summed E-state index contributed by atoms with van der Waals surface area (Å²) in [6.07, 6.45) is 12.8. The number of fused-ring (bicyclic) bond motifs is 1. The van der Waals surface area contributed by atoms with E-state index in [4.69, 9.17) is 15.2 Å². The molecule has 2 aliphatic rings. The molecule has 4 rings (SSSR count). The van der Waals surface area contributed by atoms with E-state index in [0.29, 0.717) is 17.7 Å². The SMILES string of the molecule is CC/C=C(\COC(=O)C1=C(/C=C\c2cccnc2)CS[C@H]2[C@H](NC(=O)C(=NO)c3csc(N)n3)C(=O)N12)C(=O)OCCCCCC. The second-order valence-electron chi connectivity index (χ2n) is 10.3. The lowest BCUT2D eigenvalue weighted by molar-refractivity contribution is -0.152. The number of amides is 2. The summed E-state index contributed by atoms with van der Waals surface area (Å²) in [4.78, 5) is 62.1. The minimum Gasteiger partial charge on any atom is -0.462 e. The number of carbonyl (C=O) groups is 4. The quantitative estimate of drug-likeness (QED) is 0.0478. The predicted molar refractivity (Wildman–Crippen MR) is 175 cm³/mol. The number of β-lactam (4-membered cyclic amide) rings is 1. The van der Waals surface area contributed by atoms with Gasteiger partial charge in [-0.05, 0) is 30.0 Å². The fourth-order valence-corrected chi connectivity index (χ4v) is 6.56. The Labute approximate surface area is 274 Å². The van der Waals surface area contributed by atoms with Gasteiger partial charge in [-0.2, -0.15) is 0 Å². The first-order valence-electron chi connectivity index (χ1n) is 14.8. The van der Waals surface area contributed by atoms with E-state index in [9.17, 15) is 24.4 Å². The Morgan fingerprint density at radius 3 is 2.72 bits per heavy atom. The maximum Gasteiger partial charge on any atom is 0.355 e. The molecule has 0 spiro atoms. The summed E-state index contributed by atoms with van der Waals surface area (Å²) >= 11 is 2.40. The van der Waals surface area contributed by atoms with E-state index in [2.05, 4.69) is 27.4 Å². The summed E-state index contributed by atoms with van der Waals surface area (Å²) in [7, 11) is 0. The number of hydrogen-bond donors (Lipinski definition) is 3. The number of allylic oxidation sites excluding steroid dienone is 2. The molecule has 2 amide bonds. The second kappa shape index (κ2) is 16.7. The molecule has 244 valence electrons. The highest BCUT2D eigenvalue weighted by atomic mass is 32.2. The highest BCUT2D eigenvalue weighted by Crippen LogP contribution is 2.41. The van der Waals surface area contributed by atoms with Crippen LogP contribution in [-0.2, 0) is 28.7 Å². The molecular formula is C31H36N6O7S2. The molecule has 1 fully saturated rings. The number of aromatic nitrogens is 2. The fourth-order valence-electron chi connectivity index (χ4n) is 4.70. The van der Waals surface area contributed by atoms with Gasteiger partial charge in [-0.3, -0.25) is 19.5 Å². The van der Waals surface area contributed by atoms with Crippen LogP contribution in [0.25, 0.3) is 6.08 Å². The molecule has 4 N–H and O–H groups in total. The minimum absolute atomic E-state index is 0.00601. The molecule has 0 bridgehead atoms. The molecule has 0 saturated carbocycles. The van der Waals surface area contributed by atoms with Gasteiger partial charge in [0.2, 0.25) is 0 Å². The zero-order valence-electron chi connectivity index (χ0n) is 25.5. The molecule has 13 nitrogen and oxygen atoms in total. The monoisotopic (exact) mass is 668 g/mol. The Hall–Kier alpha value is -4.50. The van der Waals surface area contributed by atoms with E-state index in [1.807, 2.05) is 13.0 Å². The molecule has 2 aliphatic heterocycles. The number of carbonyl (C=O) groups excluding carboxylic acids is 4. The van der Waals surface area contributed by atoms with Gasteiger partial charge in [0.1, 0.15) is 29.4 Å². The van der Waals surface area contributed by atoms with Gasteiger partial charge in [0, 0.05) is 23.5 Å². The molecular weight excluding hydrogens is 633 g/mol. The number of thioether (sulfide) groups is 1. The number of thiazole rings is 1. The zero-order chi connectivity index (χ0) is 33.1. The summed E-state index contributed by atoms with van der Waals surface area (Å²) in [6.45, 7) is 3.89. The third kappa shape index (κ3) is 8.40. The van der Waals surface area contributed by atoms with Crippen molar-refractivity contribution < 1.29 is 33.9 Å². The van der Waals surface area contributed by atoms with Crippen molar-refractivity contribution in [1.29, 1.82) is 0 Å². The van der Waals surface area contributed by atoms with E-state index in [-0.39, 0.29) is 35.3 Å². The van der Waals surface area contributed by atoms with Crippen LogP contribution in [0, 0.1) is 0 Å². The first-order valence-corrected chi connectivity index (χ1v) is 16.7. The van der Waals surface area contributed by atoms with Crippen molar-refractivity contribution in [3.63, 3.8) is 0 Å². The first-order chi connectivity index (χ1) is 22.3. The van der Waals surface area contributed by atoms with E-state index >= 15 is 0 Å². The van der Waals surface area contributed by atoms with E-state index in [1.165, 1.54) is 22.0 Å². The predicted octanol–water partition coefficient (Wildman–Crippen LogP) is 3.67. The number of unbranched alkanes of at least 4 members (excludes halogenated alkanes) is 3. The molecule has 0 aromatic carbocycles.